The van der Waals surface area contributed by atoms with Gasteiger partial charge in [0.15, 0.2) is 0 Å². The number of hydrogen-bond donors (Lipinski definition) is 1. The van der Waals surface area contributed by atoms with Crippen LogP contribution < -0.4 is 5.73 Å². The molecule has 0 bridgehead atoms. The number of rotatable bonds is 6. The van der Waals surface area contributed by atoms with Crippen molar-refractivity contribution in [1.29, 1.82) is 0 Å². The predicted octanol–water partition coefficient (Wildman–Crippen LogP) is 1.76. The number of furan rings is 1. The highest BCUT2D eigenvalue weighted by atomic mass is 35.5. The average Bonchev–Trinajstić information content (AvgIpc) is 3.01. The number of nitrogens with zero attached hydrogens (tertiary/aromatic N) is 2. The van der Waals surface area contributed by atoms with Crippen molar-refractivity contribution in [2.45, 2.75) is 25.9 Å². The van der Waals surface area contributed by atoms with Crippen LogP contribution >= 0.6 is 24.8 Å². The molecular formula is C15H27Cl2N3O3. The SMILES string of the molecule is CCC1CN(C(=O)c2coc(CN)c2)CCN1CCOC.Cl.Cl. The summed E-state index contributed by atoms with van der Waals surface area (Å²) in [6.45, 7) is 6.49. The van der Waals surface area contributed by atoms with Gasteiger partial charge in [0.05, 0.1) is 18.7 Å². The molecule has 2 heterocycles. The lowest BCUT2D eigenvalue weighted by Gasteiger charge is -2.41. The monoisotopic (exact) mass is 367 g/mol. The summed E-state index contributed by atoms with van der Waals surface area (Å²) < 4.78 is 10.4. The molecule has 8 heteroatoms. The first-order chi connectivity index (χ1) is 10.2. The summed E-state index contributed by atoms with van der Waals surface area (Å²) in [6.07, 6.45) is 2.52. The molecule has 1 aliphatic heterocycles. The standard InChI is InChI=1S/C15H25N3O3.2ClH/c1-3-13-10-18(5-4-17(13)6-7-20-2)15(19)12-8-14(9-16)21-11-12;;/h8,11,13H,3-7,9-10,16H2,1-2H3;2*1H. The zero-order valence-electron chi connectivity index (χ0n) is 13.7. The average molecular weight is 368 g/mol. The van der Waals surface area contributed by atoms with Crippen molar-refractivity contribution in [1.82, 2.24) is 9.80 Å². The van der Waals surface area contributed by atoms with E-state index in [2.05, 4.69) is 11.8 Å². The van der Waals surface area contributed by atoms with E-state index in [1.807, 2.05) is 4.90 Å². The van der Waals surface area contributed by atoms with Gasteiger partial charge >= 0.3 is 0 Å². The van der Waals surface area contributed by atoms with Crippen LogP contribution in [0.2, 0.25) is 0 Å². The Morgan fingerprint density at radius 2 is 2.17 bits per heavy atom. The lowest BCUT2D eigenvalue weighted by Crippen LogP contribution is -2.55. The fourth-order valence-electron chi connectivity index (χ4n) is 2.75. The Balaban J connectivity index is 0.00000242. The van der Waals surface area contributed by atoms with E-state index in [0.29, 0.717) is 23.9 Å². The zero-order chi connectivity index (χ0) is 15.2. The Labute approximate surface area is 150 Å². The van der Waals surface area contributed by atoms with Crippen LogP contribution in [0.5, 0.6) is 0 Å². The number of amides is 1. The predicted molar refractivity (Wildman–Crippen MR) is 94.5 cm³/mol. The number of nitrogens with two attached hydrogens (primary N) is 1. The molecule has 1 aromatic heterocycles. The number of ether oxygens (including phenoxy) is 1. The fourth-order valence-corrected chi connectivity index (χ4v) is 2.75. The number of carbonyl (C=O) groups excluding carboxylic acids is 1. The molecule has 1 saturated heterocycles. The van der Waals surface area contributed by atoms with Crippen LogP contribution in [-0.4, -0.2) is 61.6 Å². The minimum absolute atomic E-state index is 0. The van der Waals surface area contributed by atoms with Gasteiger partial charge in [-0.25, -0.2) is 0 Å². The third-order valence-corrected chi connectivity index (χ3v) is 4.05. The lowest BCUT2D eigenvalue weighted by atomic mass is 10.1. The molecule has 23 heavy (non-hydrogen) atoms. The molecule has 1 aliphatic rings. The van der Waals surface area contributed by atoms with Crippen molar-refractivity contribution >= 4 is 30.7 Å². The Hall–Kier alpha value is -0.790. The van der Waals surface area contributed by atoms with Gasteiger partial charge in [-0.2, -0.15) is 0 Å². The largest absolute Gasteiger partial charge is 0.467 e. The molecule has 1 aromatic rings. The Bertz CT molecular complexity index is 471. The molecule has 1 fully saturated rings. The summed E-state index contributed by atoms with van der Waals surface area (Å²) in [5, 5.41) is 0. The lowest BCUT2D eigenvalue weighted by molar-refractivity contribution is 0.0384. The highest BCUT2D eigenvalue weighted by Crippen LogP contribution is 2.17. The van der Waals surface area contributed by atoms with Gasteiger partial charge in [-0.3, -0.25) is 9.69 Å². The van der Waals surface area contributed by atoms with Gasteiger partial charge in [-0.1, -0.05) is 6.92 Å². The van der Waals surface area contributed by atoms with Crippen molar-refractivity contribution in [2.24, 2.45) is 5.73 Å². The number of halogens is 2. The number of methoxy groups -OCH3 is 1. The Kier molecular flexibility index (Phi) is 10.5. The normalized spacial score (nSPS) is 18.2. The van der Waals surface area contributed by atoms with Gasteiger partial charge < -0.3 is 19.8 Å². The van der Waals surface area contributed by atoms with Crippen LogP contribution in [0.15, 0.2) is 16.7 Å². The van der Waals surface area contributed by atoms with Crippen LogP contribution in [0.4, 0.5) is 0 Å². The number of hydrogen-bond acceptors (Lipinski definition) is 5. The second kappa shape index (κ2) is 10.9. The maximum absolute atomic E-state index is 12.5. The van der Waals surface area contributed by atoms with E-state index in [-0.39, 0.29) is 30.7 Å². The Morgan fingerprint density at radius 1 is 1.43 bits per heavy atom. The van der Waals surface area contributed by atoms with Crippen LogP contribution in [0.3, 0.4) is 0 Å². The second-order valence-electron chi connectivity index (χ2n) is 5.35. The summed E-state index contributed by atoms with van der Waals surface area (Å²) in [5.41, 5.74) is 6.11. The maximum atomic E-state index is 12.5. The first-order valence-electron chi connectivity index (χ1n) is 7.49. The van der Waals surface area contributed by atoms with Crippen LogP contribution in [-0.2, 0) is 11.3 Å². The van der Waals surface area contributed by atoms with Crippen molar-refractivity contribution < 1.29 is 13.9 Å². The molecule has 0 spiro atoms. The van der Waals surface area contributed by atoms with E-state index < -0.39 is 0 Å². The molecule has 6 nitrogen and oxygen atoms in total. The van der Waals surface area contributed by atoms with Gasteiger partial charge in [0.2, 0.25) is 0 Å². The van der Waals surface area contributed by atoms with E-state index in [0.717, 1.165) is 39.2 Å². The maximum Gasteiger partial charge on any atom is 0.257 e. The summed E-state index contributed by atoms with van der Waals surface area (Å²) in [7, 11) is 1.72. The number of piperazine rings is 1. The highest BCUT2D eigenvalue weighted by molar-refractivity contribution is 5.94. The first-order valence-corrected chi connectivity index (χ1v) is 7.49. The van der Waals surface area contributed by atoms with Gasteiger partial charge in [0.25, 0.3) is 5.91 Å². The topological polar surface area (TPSA) is 71.9 Å². The van der Waals surface area contributed by atoms with E-state index in [1.54, 1.807) is 13.2 Å². The minimum atomic E-state index is 0. The van der Waals surface area contributed by atoms with E-state index in [1.165, 1.54) is 6.26 Å². The van der Waals surface area contributed by atoms with Gasteiger partial charge in [-0.15, -0.1) is 24.8 Å². The molecule has 1 atom stereocenters. The molecular weight excluding hydrogens is 341 g/mol. The molecule has 1 amide bonds. The highest BCUT2D eigenvalue weighted by Gasteiger charge is 2.29. The minimum Gasteiger partial charge on any atom is -0.467 e. The van der Waals surface area contributed by atoms with Crippen molar-refractivity contribution in [3.05, 3.63) is 23.7 Å². The summed E-state index contributed by atoms with van der Waals surface area (Å²) in [4.78, 5) is 16.8. The third kappa shape index (κ3) is 5.65. The molecule has 2 N–H and O–H groups in total. The van der Waals surface area contributed by atoms with Crippen molar-refractivity contribution in [3.63, 3.8) is 0 Å². The molecule has 0 saturated carbocycles. The van der Waals surface area contributed by atoms with E-state index in [4.69, 9.17) is 14.9 Å². The molecule has 0 aromatic carbocycles. The second-order valence-corrected chi connectivity index (χ2v) is 5.35. The summed E-state index contributed by atoms with van der Waals surface area (Å²) in [5.74, 6) is 0.674. The van der Waals surface area contributed by atoms with Crippen LogP contribution in [0, 0.1) is 0 Å². The fraction of sp³-hybridized carbons (Fsp3) is 0.667. The zero-order valence-corrected chi connectivity index (χ0v) is 15.3. The molecule has 2 rings (SSSR count). The molecule has 0 radical (unpaired) electrons. The van der Waals surface area contributed by atoms with E-state index >= 15 is 0 Å². The van der Waals surface area contributed by atoms with Crippen LogP contribution in [0.25, 0.3) is 0 Å². The first kappa shape index (κ1) is 22.2. The quantitative estimate of drug-likeness (QED) is 0.829. The van der Waals surface area contributed by atoms with Gasteiger partial charge in [0.1, 0.15) is 12.0 Å². The van der Waals surface area contributed by atoms with Gasteiger partial charge in [-0.05, 0) is 12.5 Å². The third-order valence-electron chi connectivity index (χ3n) is 4.05. The summed E-state index contributed by atoms with van der Waals surface area (Å²) in [6, 6.07) is 2.12. The molecule has 134 valence electrons. The Morgan fingerprint density at radius 3 is 2.74 bits per heavy atom. The molecule has 1 unspecified atom stereocenters. The summed E-state index contributed by atoms with van der Waals surface area (Å²) >= 11 is 0. The van der Waals surface area contributed by atoms with Gasteiger partial charge in [0, 0.05) is 39.3 Å². The van der Waals surface area contributed by atoms with E-state index in [9.17, 15) is 4.79 Å². The molecule has 0 aliphatic carbocycles. The van der Waals surface area contributed by atoms with Crippen molar-refractivity contribution in [2.75, 3.05) is 39.9 Å². The smallest absolute Gasteiger partial charge is 0.257 e. The van der Waals surface area contributed by atoms with Crippen LogP contribution in [0.1, 0.15) is 29.5 Å². The number of carbonyl (C=O) groups is 1. The van der Waals surface area contributed by atoms with Crippen molar-refractivity contribution in [3.8, 4) is 0 Å².